The van der Waals surface area contributed by atoms with Crippen molar-refractivity contribution in [2.45, 2.75) is 84.3 Å². The van der Waals surface area contributed by atoms with Crippen LogP contribution in [0.1, 0.15) is 68.6 Å². The Labute approximate surface area is 232 Å². The van der Waals surface area contributed by atoms with Crippen LogP contribution in [0, 0.1) is 13.8 Å². The largest absolute Gasteiger partial charge is 0.352 e. The first-order chi connectivity index (χ1) is 18.0. The second kappa shape index (κ2) is 13.5. The molecule has 0 radical (unpaired) electrons. The zero-order valence-corrected chi connectivity index (χ0v) is 24.4. The van der Waals surface area contributed by atoms with Crippen molar-refractivity contribution in [2.24, 2.45) is 0 Å². The first-order valence-corrected chi connectivity index (χ1v) is 15.6. The van der Waals surface area contributed by atoms with Crippen LogP contribution in [-0.2, 0) is 26.2 Å². The highest BCUT2D eigenvalue weighted by Crippen LogP contribution is 2.24. The van der Waals surface area contributed by atoms with Crippen molar-refractivity contribution in [1.29, 1.82) is 0 Å². The molecule has 2 aromatic carbocycles. The predicted molar refractivity (Wildman–Crippen MR) is 154 cm³/mol. The molecule has 0 unspecified atom stereocenters. The van der Waals surface area contributed by atoms with E-state index in [1.54, 1.807) is 24.0 Å². The number of carbonyl (C=O) groups is 2. The molecule has 0 heterocycles. The van der Waals surface area contributed by atoms with E-state index in [4.69, 9.17) is 11.6 Å². The smallest absolute Gasteiger partial charge is 0.242 e. The number of amides is 2. The Bertz CT molecular complexity index is 1230. The number of hydrogen-bond acceptors (Lipinski definition) is 4. The number of nitrogens with zero attached hydrogens (tertiary/aromatic N) is 2. The molecule has 7 nitrogen and oxygen atoms in total. The van der Waals surface area contributed by atoms with Crippen LogP contribution in [0.5, 0.6) is 0 Å². The Kier molecular flexibility index (Phi) is 10.6. The number of aryl methyl sites for hydroxylation is 2. The van der Waals surface area contributed by atoms with E-state index in [1.165, 1.54) is 17.0 Å². The highest BCUT2D eigenvalue weighted by molar-refractivity contribution is 7.92. The lowest BCUT2D eigenvalue weighted by atomic mass is 9.95. The number of halogens is 1. The minimum absolute atomic E-state index is 0.0996. The average molecular weight is 562 g/mol. The highest BCUT2D eigenvalue weighted by Gasteiger charge is 2.29. The maximum absolute atomic E-state index is 13.5. The molecule has 0 spiro atoms. The van der Waals surface area contributed by atoms with E-state index < -0.39 is 16.1 Å². The zero-order valence-electron chi connectivity index (χ0n) is 22.9. The summed E-state index contributed by atoms with van der Waals surface area (Å²) in [5, 5.41) is 3.66. The lowest BCUT2D eigenvalue weighted by Crippen LogP contribution is -2.50. The van der Waals surface area contributed by atoms with Crippen LogP contribution in [0.2, 0.25) is 5.02 Å². The van der Waals surface area contributed by atoms with Crippen LogP contribution in [0.4, 0.5) is 5.69 Å². The Balaban J connectivity index is 1.73. The maximum atomic E-state index is 13.5. The third kappa shape index (κ3) is 8.21. The Morgan fingerprint density at radius 3 is 2.37 bits per heavy atom. The molecular weight excluding hydrogens is 522 g/mol. The number of rotatable bonds is 11. The van der Waals surface area contributed by atoms with Gasteiger partial charge in [-0.15, -0.1) is 0 Å². The van der Waals surface area contributed by atoms with Crippen LogP contribution in [0.3, 0.4) is 0 Å². The minimum atomic E-state index is -3.54. The molecule has 0 bridgehead atoms. The molecule has 1 aliphatic rings. The van der Waals surface area contributed by atoms with Crippen molar-refractivity contribution in [3.05, 3.63) is 64.2 Å². The van der Waals surface area contributed by atoms with Crippen molar-refractivity contribution in [2.75, 3.05) is 17.1 Å². The molecule has 1 N–H and O–H groups in total. The van der Waals surface area contributed by atoms with Gasteiger partial charge in [0.25, 0.3) is 0 Å². The lowest BCUT2D eigenvalue weighted by Gasteiger charge is -2.31. The van der Waals surface area contributed by atoms with Gasteiger partial charge in [0, 0.05) is 30.6 Å². The van der Waals surface area contributed by atoms with Gasteiger partial charge >= 0.3 is 0 Å². The van der Waals surface area contributed by atoms with Gasteiger partial charge in [-0.3, -0.25) is 13.9 Å². The van der Waals surface area contributed by atoms with Gasteiger partial charge in [-0.25, -0.2) is 8.42 Å². The molecular formula is C29H40ClN3O4S. The highest BCUT2D eigenvalue weighted by atomic mass is 35.5. The topological polar surface area (TPSA) is 86.8 Å². The fraction of sp³-hybridized carbons (Fsp3) is 0.517. The van der Waals surface area contributed by atoms with Gasteiger partial charge in [-0.1, -0.05) is 55.1 Å². The standard InChI is InChI=1S/C29H40ClN3O4S/c1-21-16-17-26(19-22(21)2)33(38(4,36)37)18-10-15-28(34)32(20-24-11-8-9-14-27(24)30)23(3)29(35)31-25-12-6-5-7-13-25/h8-9,11,14,16-17,19,23,25H,5-7,10,12-13,15,18,20H2,1-4H3,(H,31,35)/t23-/m0/s1. The molecule has 1 atom stereocenters. The van der Waals surface area contributed by atoms with Gasteiger partial charge in [0.15, 0.2) is 0 Å². The molecule has 2 aromatic rings. The van der Waals surface area contributed by atoms with E-state index in [2.05, 4.69) is 5.32 Å². The Morgan fingerprint density at radius 2 is 1.74 bits per heavy atom. The summed E-state index contributed by atoms with van der Waals surface area (Å²) in [6, 6.07) is 12.3. The number of benzene rings is 2. The monoisotopic (exact) mass is 561 g/mol. The Hall–Kier alpha value is -2.58. The summed E-state index contributed by atoms with van der Waals surface area (Å²) >= 11 is 6.39. The number of sulfonamides is 1. The van der Waals surface area contributed by atoms with E-state index in [-0.39, 0.29) is 37.4 Å². The molecule has 0 aliphatic heterocycles. The predicted octanol–water partition coefficient (Wildman–Crippen LogP) is 5.37. The SMILES string of the molecule is Cc1ccc(N(CCCC(=O)N(Cc2ccccc2Cl)[C@@H](C)C(=O)NC2CCCCC2)S(C)(=O)=O)cc1C. The van der Waals surface area contributed by atoms with E-state index in [1.807, 2.05) is 44.2 Å². The normalized spacial score (nSPS) is 15.1. The number of anilines is 1. The molecule has 208 valence electrons. The molecule has 3 rings (SSSR count). The molecule has 1 saturated carbocycles. The van der Waals surface area contributed by atoms with Gasteiger partial charge < -0.3 is 10.2 Å². The maximum Gasteiger partial charge on any atom is 0.242 e. The van der Waals surface area contributed by atoms with Crippen molar-refractivity contribution >= 4 is 39.1 Å². The third-order valence-corrected chi connectivity index (χ3v) is 8.91. The van der Waals surface area contributed by atoms with Gasteiger partial charge in [0.2, 0.25) is 21.8 Å². The molecule has 1 aliphatic carbocycles. The van der Waals surface area contributed by atoms with Crippen LogP contribution in [0.15, 0.2) is 42.5 Å². The minimum Gasteiger partial charge on any atom is -0.352 e. The summed E-state index contributed by atoms with van der Waals surface area (Å²) in [5.74, 6) is -0.394. The Morgan fingerprint density at radius 1 is 1.05 bits per heavy atom. The van der Waals surface area contributed by atoms with Crippen molar-refractivity contribution in [3.63, 3.8) is 0 Å². The second-order valence-electron chi connectivity index (χ2n) is 10.3. The van der Waals surface area contributed by atoms with Gasteiger partial charge in [0.1, 0.15) is 6.04 Å². The summed E-state index contributed by atoms with van der Waals surface area (Å²) in [6.07, 6.45) is 6.87. The van der Waals surface area contributed by atoms with Gasteiger partial charge in [-0.2, -0.15) is 0 Å². The molecule has 9 heteroatoms. The van der Waals surface area contributed by atoms with Crippen LogP contribution in [-0.4, -0.2) is 50.0 Å². The average Bonchev–Trinajstić information content (AvgIpc) is 2.87. The number of nitrogens with one attached hydrogen (secondary N) is 1. The lowest BCUT2D eigenvalue weighted by molar-refractivity contribution is -0.141. The first kappa shape index (κ1) is 30.0. The van der Waals surface area contributed by atoms with Gasteiger partial charge in [0.05, 0.1) is 11.9 Å². The fourth-order valence-electron chi connectivity index (χ4n) is 4.85. The van der Waals surface area contributed by atoms with Crippen molar-refractivity contribution < 1.29 is 18.0 Å². The van der Waals surface area contributed by atoms with Crippen molar-refractivity contribution in [3.8, 4) is 0 Å². The molecule has 2 amide bonds. The van der Waals surface area contributed by atoms with E-state index in [0.717, 1.165) is 42.4 Å². The van der Waals surface area contributed by atoms with Gasteiger partial charge in [-0.05, 0) is 74.9 Å². The summed E-state index contributed by atoms with van der Waals surface area (Å²) in [7, 11) is -3.54. The molecule has 0 aromatic heterocycles. The van der Waals surface area contributed by atoms with Crippen LogP contribution < -0.4 is 9.62 Å². The van der Waals surface area contributed by atoms with Crippen LogP contribution >= 0.6 is 11.6 Å². The fourth-order valence-corrected chi connectivity index (χ4v) is 6.00. The van der Waals surface area contributed by atoms with E-state index in [0.29, 0.717) is 17.1 Å². The third-order valence-electron chi connectivity index (χ3n) is 7.35. The first-order valence-electron chi connectivity index (χ1n) is 13.4. The van der Waals surface area contributed by atoms with Crippen molar-refractivity contribution in [1.82, 2.24) is 10.2 Å². The molecule has 38 heavy (non-hydrogen) atoms. The van der Waals surface area contributed by atoms with E-state index >= 15 is 0 Å². The molecule has 0 saturated heterocycles. The number of carbonyl (C=O) groups excluding carboxylic acids is 2. The quantitative estimate of drug-likeness (QED) is 0.399. The summed E-state index contributed by atoms with van der Waals surface area (Å²) in [5.41, 5.74) is 3.41. The zero-order chi connectivity index (χ0) is 27.9. The molecule has 1 fully saturated rings. The summed E-state index contributed by atoms with van der Waals surface area (Å²) in [6.45, 7) is 6.02. The summed E-state index contributed by atoms with van der Waals surface area (Å²) < 4.78 is 26.5. The number of hydrogen-bond donors (Lipinski definition) is 1. The van der Waals surface area contributed by atoms with E-state index in [9.17, 15) is 18.0 Å². The van der Waals surface area contributed by atoms with Crippen LogP contribution in [0.25, 0.3) is 0 Å². The second-order valence-corrected chi connectivity index (χ2v) is 12.7. The summed E-state index contributed by atoms with van der Waals surface area (Å²) in [4.78, 5) is 28.2.